The van der Waals surface area contributed by atoms with Crippen LogP contribution in [0.2, 0.25) is 0 Å². The van der Waals surface area contributed by atoms with Crippen LogP contribution < -0.4 is 9.64 Å². The minimum Gasteiger partial charge on any atom is -0.456 e. The molecule has 42 heavy (non-hydrogen) atoms. The van der Waals surface area contributed by atoms with E-state index in [9.17, 15) is 26.0 Å². The molecule has 0 saturated carbocycles. The second-order valence-corrected chi connectivity index (χ2v) is 12.1. The Hall–Kier alpha value is -3.89. The third kappa shape index (κ3) is 5.87. The monoisotopic (exact) mass is 598 g/mol. The van der Waals surface area contributed by atoms with Crippen molar-refractivity contribution < 1.29 is 30.7 Å². The van der Waals surface area contributed by atoms with Crippen LogP contribution in [0.25, 0.3) is 11.1 Å². The van der Waals surface area contributed by atoms with Gasteiger partial charge in [-0.1, -0.05) is 62.2 Å². The summed E-state index contributed by atoms with van der Waals surface area (Å²) in [4.78, 5) is 1.84. The Kier molecular flexibility index (Phi) is 8.30. The fourth-order valence-electron chi connectivity index (χ4n) is 5.16. The van der Waals surface area contributed by atoms with Crippen molar-refractivity contribution in [2.45, 2.75) is 43.3 Å². The van der Waals surface area contributed by atoms with E-state index in [0.29, 0.717) is 18.5 Å². The van der Waals surface area contributed by atoms with Crippen molar-refractivity contribution in [2.24, 2.45) is 0 Å². The van der Waals surface area contributed by atoms with Crippen LogP contribution in [0, 0.1) is 5.82 Å². The van der Waals surface area contributed by atoms with Gasteiger partial charge in [0.25, 0.3) is 0 Å². The summed E-state index contributed by atoms with van der Waals surface area (Å²) in [5.74, 6) is -0.948. The van der Waals surface area contributed by atoms with Gasteiger partial charge in [-0.25, -0.2) is 12.8 Å². The first-order chi connectivity index (χ1) is 20.0. The van der Waals surface area contributed by atoms with Crippen LogP contribution in [-0.4, -0.2) is 32.4 Å². The van der Waals surface area contributed by atoms with Crippen molar-refractivity contribution in [3.8, 4) is 22.6 Å². The summed E-state index contributed by atoms with van der Waals surface area (Å²) >= 11 is 0. The van der Waals surface area contributed by atoms with Gasteiger partial charge >= 0.3 is 6.18 Å². The van der Waals surface area contributed by atoms with Gasteiger partial charge in [0.1, 0.15) is 22.2 Å². The number of alkyl halides is 3. The summed E-state index contributed by atoms with van der Waals surface area (Å²) in [6.45, 7) is 2.35. The van der Waals surface area contributed by atoms with Crippen molar-refractivity contribution in [3.05, 3.63) is 102 Å². The smallest absolute Gasteiger partial charge is 0.419 e. The van der Waals surface area contributed by atoms with Gasteiger partial charge in [0, 0.05) is 37.0 Å². The Morgan fingerprint density at radius 2 is 1.57 bits per heavy atom. The minimum atomic E-state index is -4.69. The van der Waals surface area contributed by atoms with Crippen molar-refractivity contribution in [1.82, 2.24) is 4.31 Å². The maximum absolute atomic E-state index is 14.1. The molecule has 0 amide bonds. The minimum absolute atomic E-state index is 0.00264. The van der Waals surface area contributed by atoms with Crippen LogP contribution in [0.5, 0.6) is 11.5 Å². The van der Waals surface area contributed by atoms with Crippen LogP contribution in [0.15, 0.2) is 95.9 Å². The van der Waals surface area contributed by atoms with Crippen molar-refractivity contribution in [2.75, 3.05) is 18.5 Å². The standard InChI is InChI=1S/C32H30F4N2O3S/c1-3-4-10-25-21-38(24-11-6-5-7-12-24)28-20-30(41-29-14-9-8-13-27(29)32(34,35)36)26(22-15-17-23(33)18-16-22)19-31(28)42(39,40)37(25)2/h5-9,11-20,25H,3-4,10,21H2,1-2H3/t25-/m1/s1. The van der Waals surface area contributed by atoms with Gasteiger partial charge in [0.2, 0.25) is 10.0 Å². The average Bonchev–Trinajstić information content (AvgIpc) is 3.04. The first-order valence-corrected chi connectivity index (χ1v) is 15.0. The van der Waals surface area contributed by atoms with E-state index in [1.807, 2.05) is 42.2 Å². The number of para-hydroxylation sites is 2. The molecule has 0 aromatic heterocycles. The number of anilines is 2. The second-order valence-electron chi connectivity index (χ2n) is 10.2. The van der Waals surface area contributed by atoms with Crippen LogP contribution >= 0.6 is 0 Å². The van der Waals surface area contributed by atoms with E-state index in [1.54, 1.807) is 7.05 Å². The summed E-state index contributed by atoms with van der Waals surface area (Å²) in [5.41, 5.74) is 0.619. The first kappa shape index (κ1) is 29.6. The Morgan fingerprint density at radius 1 is 0.905 bits per heavy atom. The lowest BCUT2D eigenvalue weighted by Gasteiger charge is -2.29. The molecule has 0 fully saturated rings. The molecule has 5 nitrogen and oxygen atoms in total. The Labute approximate surface area is 243 Å². The summed E-state index contributed by atoms with van der Waals surface area (Å²) in [6.07, 6.45) is -2.37. The van der Waals surface area contributed by atoms with Gasteiger partial charge in [0.15, 0.2) is 0 Å². The molecular weight excluding hydrogens is 568 g/mol. The van der Waals surface area contributed by atoms with E-state index in [2.05, 4.69) is 0 Å². The highest BCUT2D eigenvalue weighted by molar-refractivity contribution is 7.89. The van der Waals surface area contributed by atoms with E-state index in [1.165, 1.54) is 58.9 Å². The number of ether oxygens (including phenoxy) is 1. The molecule has 0 saturated heterocycles. The fraction of sp³-hybridized carbons (Fsp3) is 0.250. The highest BCUT2D eigenvalue weighted by Gasteiger charge is 2.38. The van der Waals surface area contributed by atoms with Gasteiger partial charge in [-0.15, -0.1) is 0 Å². The molecule has 1 aliphatic heterocycles. The van der Waals surface area contributed by atoms with Gasteiger partial charge in [-0.2, -0.15) is 17.5 Å². The fourth-order valence-corrected chi connectivity index (χ4v) is 6.73. The molecule has 10 heteroatoms. The third-order valence-electron chi connectivity index (χ3n) is 7.44. The third-order valence-corrected chi connectivity index (χ3v) is 9.38. The number of rotatable bonds is 7. The molecule has 220 valence electrons. The number of sulfonamides is 1. The molecule has 0 aliphatic carbocycles. The number of likely N-dealkylation sites (N-methyl/N-ethyl adjacent to an activating group) is 1. The molecule has 4 aromatic carbocycles. The highest BCUT2D eigenvalue weighted by atomic mass is 32.2. The summed E-state index contributed by atoms with van der Waals surface area (Å²) in [7, 11) is -2.50. The molecule has 1 atom stereocenters. The summed E-state index contributed by atoms with van der Waals surface area (Å²) in [6, 6.07) is 21.8. The molecule has 4 aromatic rings. The van der Waals surface area contributed by atoms with Gasteiger partial charge in [-0.05, 0) is 54.4 Å². The molecule has 5 rings (SSSR count). The molecule has 0 bridgehead atoms. The van der Waals surface area contributed by atoms with Crippen molar-refractivity contribution >= 4 is 21.4 Å². The Balaban J connectivity index is 1.78. The predicted octanol–water partition coefficient (Wildman–Crippen LogP) is 8.63. The van der Waals surface area contributed by atoms with Crippen LogP contribution in [0.4, 0.5) is 28.9 Å². The van der Waals surface area contributed by atoms with Crippen molar-refractivity contribution in [1.29, 1.82) is 0 Å². The van der Waals surface area contributed by atoms with Crippen LogP contribution in [0.3, 0.4) is 0 Å². The van der Waals surface area contributed by atoms with Crippen molar-refractivity contribution in [3.63, 3.8) is 0 Å². The number of benzene rings is 4. The maximum Gasteiger partial charge on any atom is 0.419 e. The summed E-state index contributed by atoms with van der Waals surface area (Å²) in [5, 5.41) is 0. The number of fused-ring (bicyclic) bond motifs is 1. The lowest BCUT2D eigenvalue weighted by atomic mass is 10.0. The number of nitrogens with zero attached hydrogens (tertiary/aromatic N) is 2. The zero-order chi connectivity index (χ0) is 30.1. The van der Waals surface area contributed by atoms with Gasteiger partial charge in [0.05, 0.1) is 11.3 Å². The quantitative estimate of drug-likeness (QED) is 0.200. The highest BCUT2D eigenvalue weighted by Crippen LogP contribution is 2.46. The lowest BCUT2D eigenvalue weighted by molar-refractivity contribution is -0.138. The number of hydrogen-bond acceptors (Lipinski definition) is 4. The van der Waals surface area contributed by atoms with E-state index in [-0.39, 0.29) is 27.9 Å². The molecule has 0 spiro atoms. The molecule has 1 heterocycles. The number of unbranched alkanes of at least 4 members (excludes halogenated alkanes) is 1. The SMILES string of the molecule is CCCC[C@@H]1CN(c2ccccc2)c2cc(Oc3ccccc3C(F)(F)F)c(-c3ccc(F)cc3)cc2S(=O)(=O)N1C. The molecule has 0 N–H and O–H groups in total. The Morgan fingerprint density at radius 3 is 2.24 bits per heavy atom. The number of halogens is 4. The average molecular weight is 599 g/mol. The first-order valence-electron chi connectivity index (χ1n) is 13.6. The number of hydrogen-bond donors (Lipinski definition) is 0. The Bertz CT molecular complexity index is 1660. The second kappa shape index (κ2) is 11.8. The van der Waals surface area contributed by atoms with Gasteiger partial charge < -0.3 is 9.64 Å². The topological polar surface area (TPSA) is 49.9 Å². The maximum atomic E-state index is 14.1. The normalized spacial score (nSPS) is 17.0. The van der Waals surface area contributed by atoms with E-state index < -0.39 is 33.3 Å². The molecular formula is C32H30F4N2O3S. The molecule has 1 aliphatic rings. The zero-order valence-corrected chi connectivity index (χ0v) is 23.9. The van der Waals surface area contributed by atoms with Gasteiger partial charge in [-0.3, -0.25) is 0 Å². The van der Waals surface area contributed by atoms with E-state index >= 15 is 0 Å². The largest absolute Gasteiger partial charge is 0.456 e. The zero-order valence-electron chi connectivity index (χ0n) is 23.1. The molecule has 0 radical (unpaired) electrons. The van der Waals surface area contributed by atoms with Crippen LogP contribution in [-0.2, 0) is 16.2 Å². The molecule has 0 unspecified atom stereocenters. The predicted molar refractivity (Wildman–Crippen MR) is 155 cm³/mol. The van der Waals surface area contributed by atoms with E-state index in [0.717, 1.165) is 24.6 Å². The lowest BCUT2D eigenvalue weighted by Crippen LogP contribution is -2.40. The summed E-state index contributed by atoms with van der Waals surface area (Å²) < 4.78 is 91.2. The van der Waals surface area contributed by atoms with E-state index in [4.69, 9.17) is 4.74 Å². The van der Waals surface area contributed by atoms with Crippen LogP contribution in [0.1, 0.15) is 31.7 Å².